The minimum Gasteiger partial charge on any atom is -0.496 e. The van der Waals surface area contributed by atoms with Crippen molar-refractivity contribution >= 4 is 27.5 Å². The number of methoxy groups -OCH3 is 1. The zero-order valence-electron chi connectivity index (χ0n) is 11.8. The van der Waals surface area contributed by atoms with Gasteiger partial charge in [0.05, 0.1) is 13.7 Å². The van der Waals surface area contributed by atoms with Gasteiger partial charge in [-0.25, -0.2) is 0 Å². The highest BCUT2D eigenvalue weighted by Gasteiger charge is 2.24. The van der Waals surface area contributed by atoms with Crippen molar-refractivity contribution < 1.29 is 9.53 Å². The fraction of sp³-hybridized carbons (Fsp3) is 0.235. The molecule has 0 atom stereocenters. The van der Waals surface area contributed by atoms with E-state index in [1.807, 2.05) is 41.3 Å². The number of hydrogen-bond donors (Lipinski definition) is 0. The lowest BCUT2D eigenvalue weighted by atomic mass is 10.0. The van der Waals surface area contributed by atoms with E-state index in [0.29, 0.717) is 13.0 Å². The van der Waals surface area contributed by atoms with Crippen molar-refractivity contribution in [2.75, 3.05) is 12.0 Å². The molecule has 0 saturated carbocycles. The monoisotopic (exact) mass is 345 g/mol. The molecule has 21 heavy (non-hydrogen) atoms. The van der Waals surface area contributed by atoms with Crippen molar-refractivity contribution in [1.82, 2.24) is 0 Å². The highest BCUT2D eigenvalue weighted by atomic mass is 79.9. The number of ether oxygens (including phenoxy) is 1. The van der Waals surface area contributed by atoms with Gasteiger partial charge in [-0.1, -0.05) is 34.1 Å². The maximum Gasteiger partial charge on any atom is 0.227 e. The molecular weight excluding hydrogens is 330 g/mol. The number of benzene rings is 2. The molecule has 0 radical (unpaired) electrons. The zero-order chi connectivity index (χ0) is 14.8. The van der Waals surface area contributed by atoms with E-state index in [0.717, 1.165) is 27.9 Å². The SMILES string of the molecule is COc1ccc(Br)cc1CN1C(=O)CCc2ccccc21. The van der Waals surface area contributed by atoms with Gasteiger partial charge in [-0.3, -0.25) is 4.79 Å². The molecule has 3 rings (SSSR count). The molecule has 3 nitrogen and oxygen atoms in total. The third-order valence-electron chi connectivity index (χ3n) is 3.76. The summed E-state index contributed by atoms with van der Waals surface area (Å²) in [5.41, 5.74) is 3.23. The summed E-state index contributed by atoms with van der Waals surface area (Å²) in [6.45, 7) is 0.526. The lowest BCUT2D eigenvalue weighted by Gasteiger charge is -2.30. The number of halogens is 1. The number of hydrogen-bond acceptors (Lipinski definition) is 2. The zero-order valence-corrected chi connectivity index (χ0v) is 13.4. The second-order valence-corrected chi connectivity index (χ2v) is 5.98. The van der Waals surface area contributed by atoms with Crippen LogP contribution in [0, 0.1) is 0 Å². The van der Waals surface area contributed by atoms with Gasteiger partial charge in [0.2, 0.25) is 5.91 Å². The summed E-state index contributed by atoms with van der Waals surface area (Å²) in [6, 6.07) is 14.0. The van der Waals surface area contributed by atoms with Gasteiger partial charge in [0.1, 0.15) is 5.75 Å². The standard InChI is InChI=1S/C17H16BrNO2/c1-21-16-8-7-14(18)10-13(16)11-19-15-5-3-2-4-12(15)6-9-17(19)20/h2-5,7-8,10H,6,9,11H2,1H3. The molecule has 1 amide bonds. The van der Waals surface area contributed by atoms with Crippen molar-refractivity contribution in [2.45, 2.75) is 19.4 Å². The summed E-state index contributed by atoms with van der Waals surface area (Å²) in [4.78, 5) is 14.2. The highest BCUT2D eigenvalue weighted by molar-refractivity contribution is 9.10. The molecule has 0 saturated heterocycles. The lowest BCUT2D eigenvalue weighted by molar-refractivity contribution is -0.119. The predicted molar refractivity (Wildman–Crippen MR) is 86.6 cm³/mol. The van der Waals surface area contributed by atoms with Gasteiger partial charge in [0.15, 0.2) is 0 Å². The largest absolute Gasteiger partial charge is 0.496 e. The van der Waals surface area contributed by atoms with Crippen molar-refractivity contribution in [2.24, 2.45) is 0 Å². The van der Waals surface area contributed by atoms with Gasteiger partial charge in [-0.05, 0) is 36.2 Å². The minimum absolute atomic E-state index is 0.163. The highest BCUT2D eigenvalue weighted by Crippen LogP contribution is 2.31. The van der Waals surface area contributed by atoms with Gasteiger partial charge in [0.25, 0.3) is 0 Å². The van der Waals surface area contributed by atoms with E-state index in [2.05, 4.69) is 22.0 Å². The Balaban J connectivity index is 1.98. The number of carbonyl (C=O) groups excluding carboxylic acids is 1. The number of carbonyl (C=O) groups is 1. The van der Waals surface area contributed by atoms with Crippen molar-refractivity contribution in [3.05, 3.63) is 58.1 Å². The molecule has 0 spiro atoms. The van der Waals surface area contributed by atoms with Crippen LogP contribution in [0.3, 0.4) is 0 Å². The summed E-state index contributed by atoms with van der Waals surface area (Å²) in [7, 11) is 1.65. The average molecular weight is 346 g/mol. The molecule has 0 N–H and O–H groups in total. The van der Waals surface area contributed by atoms with Crippen LogP contribution < -0.4 is 9.64 Å². The van der Waals surface area contributed by atoms with E-state index in [4.69, 9.17) is 4.74 Å². The van der Waals surface area contributed by atoms with Crippen LogP contribution in [0.1, 0.15) is 17.5 Å². The molecular formula is C17H16BrNO2. The van der Waals surface area contributed by atoms with Crippen LogP contribution in [0.4, 0.5) is 5.69 Å². The number of para-hydroxylation sites is 1. The lowest BCUT2D eigenvalue weighted by Crippen LogP contribution is -2.34. The number of aryl methyl sites for hydroxylation is 1. The number of anilines is 1. The molecule has 2 aromatic carbocycles. The van der Waals surface area contributed by atoms with E-state index >= 15 is 0 Å². The van der Waals surface area contributed by atoms with Crippen LogP contribution in [-0.4, -0.2) is 13.0 Å². The second kappa shape index (κ2) is 5.90. The Morgan fingerprint density at radius 2 is 2.00 bits per heavy atom. The van der Waals surface area contributed by atoms with Crippen LogP contribution >= 0.6 is 15.9 Å². The third-order valence-corrected chi connectivity index (χ3v) is 4.26. The first kappa shape index (κ1) is 14.1. The van der Waals surface area contributed by atoms with Crippen molar-refractivity contribution in [1.29, 1.82) is 0 Å². The molecule has 0 aromatic heterocycles. The Bertz CT molecular complexity index is 684. The molecule has 1 aliphatic rings. The quantitative estimate of drug-likeness (QED) is 0.843. The van der Waals surface area contributed by atoms with E-state index < -0.39 is 0 Å². The Hall–Kier alpha value is -1.81. The number of nitrogens with zero attached hydrogens (tertiary/aromatic N) is 1. The Labute approximate surface area is 132 Å². The summed E-state index contributed by atoms with van der Waals surface area (Å²) in [6.07, 6.45) is 1.38. The van der Waals surface area contributed by atoms with Crippen LogP contribution in [-0.2, 0) is 17.8 Å². The predicted octanol–water partition coefficient (Wildman–Crippen LogP) is 3.94. The first-order valence-corrected chi connectivity index (χ1v) is 7.69. The fourth-order valence-electron chi connectivity index (χ4n) is 2.71. The van der Waals surface area contributed by atoms with Crippen LogP contribution in [0.2, 0.25) is 0 Å². The van der Waals surface area contributed by atoms with Crippen molar-refractivity contribution in [3.63, 3.8) is 0 Å². The molecule has 108 valence electrons. The van der Waals surface area contributed by atoms with Crippen LogP contribution in [0.15, 0.2) is 46.9 Å². The van der Waals surface area contributed by atoms with Gasteiger partial charge in [0, 0.05) is 22.1 Å². The first-order valence-electron chi connectivity index (χ1n) is 6.89. The van der Waals surface area contributed by atoms with Crippen LogP contribution in [0.5, 0.6) is 5.75 Å². The molecule has 1 aliphatic heterocycles. The fourth-order valence-corrected chi connectivity index (χ4v) is 3.12. The molecule has 0 fully saturated rings. The van der Waals surface area contributed by atoms with Crippen molar-refractivity contribution in [3.8, 4) is 5.75 Å². The topological polar surface area (TPSA) is 29.5 Å². The first-order chi connectivity index (χ1) is 10.2. The van der Waals surface area contributed by atoms with E-state index in [9.17, 15) is 4.79 Å². The Morgan fingerprint density at radius 1 is 1.19 bits per heavy atom. The summed E-state index contributed by atoms with van der Waals surface area (Å²) in [5, 5.41) is 0. The van der Waals surface area contributed by atoms with E-state index in [-0.39, 0.29) is 5.91 Å². The third kappa shape index (κ3) is 2.81. The smallest absolute Gasteiger partial charge is 0.227 e. The maximum absolute atomic E-state index is 12.3. The maximum atomic E-state index is 12.3. The number of fused-ring (bicyclic) bond motifs is 1. The normalized spacial score (nSPS) is 14.0. The second-order valence-electron chi connectivity index (χ2n) is 5.06. The van der Waals surface area contributed by atoms with E-state index in [1.54, 1.807) is 7.11 Å². The molecule has 2 aromatic rings. The summed E-state index contributed by atoms with van der Waals surface area (Å²) < 4.78 is 6.39. The summed E-state index contributed by atoms with van der Waals surface area (Å²) >= 11 is 3.48. The molecule has 0 bridgehead atoms. The Kier molecular flexibility index (Phi) is 3.97. The number of amides is 1. The molecule has 0 aliphatic carbocycles. The average Bonchev–Trinajstić information content (AvgIpc) is 2.50. The Morgan fingerprint density at radius 3 is 2.81 bits per heavy atom. The van der Waals surface area contributed by atoms with Gasteiger partial charge in [-0.2, -0.15) is 0 Å². The molecule has 4 heteroatoms. The molecule has 1 heterocycles. The van der Waals surface area contributed by atoms with Crippen LogP contribution in [0.25, 0.3) is 0 Å². The van der Waals surface area contributed by atoms with Gasteiger partial charge in [-0.15, -0.1) is 0 Å². The van der Waals surface area contributed by atoms with E-state index in [1.165, 1.54) is 5.56 Å². The number of rotatable bonds is 3. The molecule has 0 unspecified atom stereocenters. The van der Waals surface area contributed by atoms with Gasteiger partial charge < -0.3 is 9.64 Å². The summed E-state index contributed by atoms with van der Waals surface area (Å²) in [5.74, 6) is 0.963. The minimum atomic E-state index is 0.163. The van der Waals surface area contributed by atoms with Gasteiger partial charge >= 0.3 is 0 Å².